The first kappa shape index (κ1) is 9.90. The molecule has 1 aliphatic rings. The molecule has 0 amide bonds. The van der Waals surface area contributed by atoms with Crippen molar-refractivity contribution in [2.75, 3.05) is 0 Å². The number of rotatable bonds is 3. The van der Waals surface area contributed by atoms with Crippen LogP contribution in [0.1, 0.15) is 5.56 Å². The van der Waals surface area contributed by atoms with E-state index in [-0.39, 0.29) is 5.70 Å². The van der Waals surface area contributed by atoms with Gasteiger partial charge in [0, 0.05) is 11.8 Å². The molecule has 0 atom stereocenters. The van der Waals surface area contributed by atoms with Crippen LogP contribution in [0.25, 0.3) is 0 Å². The van der Waals surface area contributed by atoms with Crippen molar-refractivity contribution in [2.24, 2.45) is 10.2 Å². The molecule has 0 unspecified atom stereocenters. The van der Waals surface area contributed by atoms with Gasteiger partial charge in [0.1, 0.15) is 5.03 Å². The minimum absolute atomic E-state index is 0.269. The topological polar surface area (TPSA) is 41.8 Å². The fourth-order valence-corrected chi connectivity index (χ4v) is 1.93. The first-order valence-electron chi connectivity index (χ1n) is 4.44. The zero-order chi connectivity index (χ0) is 10.5. The molecular formula is C11H8N2OS. The summed E-state index contributed by atoms with van der Waals surface area (Å²) in [5, 5.41) is 8.27. The average molecular weight is 216 g/mol. The van der Waals surface area contributed by atoms with E-state index in [9.17, 15) is 4.79 Å². The second-order valence-corrected chi connectivity index (χ2v) is 3.94. The van der Waals surface area contributed by atoms with E-state index in [0.29, 0.717) is 0 Å². The van der Waals surface area contributed by atoms with Gasteiger partial charge in [-0.25, -0.2) is 4.79 Å². The second kappa shape index (κ2) is 4.73. The number of hydrogen-bond acceptors (Lipinski definition) is 4. The van der Waals surface area contributed by atoms with Gasteiger partial charge in [0.25, 0.3) is 0 Å². The Bertz CT molecular complexity index is 459. The van der Waals surface area contributed by atoms with Crippen LogP contribution in [0, 0.1) is 0 Å². The zero-order valence-electron chi connectivity index (χ0n) is 7.88. The Hall–Kier alpha value is -1.64. The van der Waals surface area contributed by atoms with Crippen LogP contribution in [0.5, 0.6) is 0 Å². The van der Waals surface area contributed by atoms with Crippen molar-refractivity contribution in [3.05, 3.63) is 52.7 Å². The molecule has 1 aromatic carbocycles. The van der Waals surface area contributed by atoms with Crippen LogP contribution in [0.2, 0.25) is 0 Å². The summed E-state index contributed by atoms with van der Waals surface area (Å²) in [7, 11) is 0. The molecule has 2 rings (SSSR count). The molecule has 0 saturated heterocycles. The van der Waals surface area contributed by atoms with Crippen molar-refractivity contribution in [3.63, 3.8) is 0 Å². The third-order valence-electron chi connectivity index (χ3n) is 1.85. The molecule has 0 bridgehead atoms. The lowest BCUT2D eigenvalue weighted by molar-refractivity contribution is 0.567. The van der Waals surface area contributed by atoms with Gasteiger partial charge in [0.2, 0.25) is 0 Å². The van der Waals surface area contributed by atoms with Gasteiger partial charge in [0.05, 0.1) is 0 Å². The largest absolute Gasteiger partial charge is 0.231 e. The molecule has 74 valence electrons. The first-order chi connectivity index (χ1) is 7.38. The SMILES string of the molecule is O=C=C1C=C(SCc2ccccc2)N=N1. The van der Waals surface area contributed by atoms with E-state index in [1.165, 1.54) is 5.56 Å². The number of carbonyl (C=O) groups excluding carboxylic acids is 1. The molecule has 3 nitrogen and oxygen atoms in total. The molecule has 0 aromatic heterocycles. The van der Waals surface area contributed by atoms with Crippen LogP contribution in [0.3, 0.4) is 0 Å². The van der Waals surface area contributed by atoms with E-state index in [1.807, 2.05) is 18.2 Å². The summed E-state index contributed by atoms with van der Waals surface area (Å²) < 4.78 is 0. The monoisotopic (exact) mass is 216 g/mol. The van der Waals surface area contributed by atoms with Crippen molar-refractivity contribution >= 4 is 17.7 Å². The lowest BCUT2D eigenvalue weighted by Crippen LogP contribution is -1.78. The average Bonchev–Trinajstić information content (AvgIpc) is 2.76. The summed E-state index contributed by atoms with van der Waals surface area (Å²) in [4.78, 5) is 10.3. The molecule has 4 heteroatoms. The lowest BCUT2D eigenvalue weighted by Gasteiger charge is -1.98. The lowest BCUT2D eigenvalue weighted by atomic mass is 10.2. The van der Waals surface area contributed by atoms with Crippen LogP contribution < -0.4 is 0 Å². The van der Waals surface area contributed by atoms with Crippen LogP contribution in [-0.4, -0.2) is 5.94 Å². The summed E-state index contributed by atoms with van der Waals surface area (Å²) in [6.45, 7) is 0. The molecule has 0 N–H and O–H groups in total. The van der Waals surface area contributed by atoms with Gasteiger partial charge in [-0.1, -0.05) is 42.1 Å². The minimum atomic E-state index is 0.269. The Morgan fingerprint density at radius 1 is 1.20 bits per heavy atom. The molecule has 15 heavy (non-hydrogen) atoms. The second-order valence-electron chi connectivity index (χ2n) is 2.94. The summed E-state index contributed by atoms with van der Waals surface area (Å²) in [6.07, 6.45) is 1.64. The summed E-state index contributed by atoms with van der Waals surface area (Å²) in [5.41, 5.74) is 1.49. The molecular weight excluding hydrogens is 208 g/mol. The predicted molar refractivity (Wildman–Crippen MR) is 59.9 cm³/mol. The van der Waals surface area contributed by atoms with Crippen LogP contribution in [-0.2, 0) is 10.5 Å². The Morgan fingerprint density at radius 3 is 2.67 bits per heavy atom. The summed E-state index contributed by atoms with van der Waals surface area (Å²) >= 11 is 1.56. The molecule has 1 aliphatic heterocycles. The number of hydrogen-bond donors (Lipinski definition) is 0. The molecule has 1 aromatic rings. The van der Waals surface area contributed by atoms with Gasteiger partial charge in [0.15, 0.2) is 11.6 Å². The highest BCUT2D eigenvalue weighted by Crippen LogP contribution is 2.27. The van der Waals surface area contributed by atoms with E-state index in [4.69, 9.17) is 0 Å². The first-order valence-corrected chi connectivity index (χ1v) is 5.42. The van der Waals surface area contributed by atoms with E-state index in [2.05, 4.69) is 22.4 Å². The number of benzene rings is 1. The summed E-state index contributed by atoms with van der Waals surface area (Å²) in [6, 6.07) is 10.1. The Balaban J connectivity index is 1.96. The quantitative estimate of drug-likeness (QED) is 0.729. The van der Waals surface area contributed by atoms with Crippen LogP contribution >= 0.6 is 11.8 Å². The third kappa shape index (κ3) is 2.65. The van der Waals surface area contributed by atoms with Crippen molar-refractivity contribution in [3.8, 4) is 0 Å². The third-order valence-corrected chi connectivity index (χ3v) is 2.82. The molecule has 0 radical (unpaired) electrons. The van der Waals surface area contributed by atoms with Gasteiger partial charge < -0.3 is 0 Å². The molecule has 0 saturated carbocycles. The number of allylic oxidation sites excluding steroid dienone is 1. The maximum absolute atomic E-state index is 10.3. The zero-order valence-corrected chi connectivity index (χ0v) is 8.70. The van der Waals surface area contributed by atoms with Gasteiger partial charge in [-0.05, 0) is 5.56 Å². The molecule has 0 fully saturated rings. The van der Waals surface area contributed by atoms with Crippen LogP contribution in [0.4, 0.5) is 0 Å². The molecule has 0 spiro atoms. The molecule has 1 heterocycles. The maximum atomic E-state index is 10.3. The fourth-order valence-electron chi connectivity index (χ4n) is 1.13. The number of thioether (sulfide) groups is 1. The van der Waals surface area contributed by atoms with Crippen LogP contribution in [0.15, 0.2) is 57.4 Å². The number of azo groups is 1. The fraction of sp³-hybridized carbons (Fsp3) is 0.0909. The van der Waals surface area contributed by atoms with E-state index in [1.54, 1.807) is 23.8 Å². The Kier molecular flexibility index (Phi) is 3.12. The number of nitrogens with zero attached hydrogens (tertiary/aromatic N) is 2. The highest BCUT2D eigenvalue weighted by atomic mass is 32.2. The van der Waals surface area contributed by atoms with E-state index >= 15 is 0 Å². The Labute approximate surface area is 91.6 Å². The smallest absolute Gasteiger partial charge is 0.172 e. The maximum Gasteiger partial charge on any atom is 0.172 e. The summed E-state index contributed by atoms with van der Waals surface area (Å²) in [5.74, 6) is 2.54. The highest BCUT2D eigenvalue weighted by molar-refractivity contribution is 8.02. The Morgan fingerprint density at radius 2 is 2.00 bits per heavy atom. The van der Waals surface area contributed by atoms with E-state index in [0.717, 1.165) is 10.8 Å². The van der Waals surface area contributed by atoms with Crippen molar-refractivity contribution in [1.82, 2.24) is 0 Å². The van der Waals surface area contributed by atoms with Gasteiger partial charge >= 0.3 is 0 Å². The van der Waals surface area contributed by atoms with E-state index < -0.39 is 0 Å². The standard InChI is InChI=1S/C11H8N2OS/c14-7-10-6-11(13-12-10)15-8-9-4-2-1-3-5-9/h1-6H,8H2. The van der Waals surface area contributed by atoms with Gasteiger partial charge in [-0.15, -0.1) is 10.2 Å². The minimum Gasteiger partial charge on any atom is -0.231 e. The van der Waals surface area contributed by atoms with Crippen molar-refractivity contribution < 1.29 is 4.79 Å². The normalized spacial score (nSPS) is 13.9. The van der Waals surface area contributed by atoms with Gasteiger partial charge in [-0.3, -0.25) is 0 Å². The van der Waals surface area contributed by atoms with Crippen molar-refractivity contribution in [2.45, 2.75) is 5.75 Å². The highest BCUT2D eigenvalue weighted by Gasteiger charge is 2.06. The predicted octanol–water partition coefficient (Wildman–Crippen LogP) is 2.94. The molecule has 0 aliphatic carbocycles. The van der Waals surface area contributed by atoms with Gasteiger partial charge in [-0.2, -0.15) is 0 Å². The van der Waals surface area contributed by atoms with Crippen molar-refractivity contribution in [1.29, 1.82) is 0 Å².